The van der Waals surface area contributed by atoms with Gasteiger partial charge in [0.25, 0.3) is 0 Å². The molecule has 1 fully saturated rings. The molecule has 2 aromatic rings. The van der Waals surface area contributed by atoms with Crippen LogP contribution in [-0.4, -0.2) is 57.4 Å². The number of aromatic nitrogens is 2. The van der Waals surface area contributed by atoms with Crippen LogP contribution in [0.15, 0.2) is 36.7 Å². The first kappa shape index (κ1) is 16.1. The third kappa shape index (κ3) is 4.37. The summed E-state index contributed by atoms with van der Waals surface area (Å²) >= 11 is 0. The van der Waals surface area contributed by atoms with Crippen molar-refractivity contribution in [3.63, 3.8) is 0 Å². The molecule has 6 heteroatoms. The minimum atomic E-state index is -0.569. The number of β-amino-alcohol motifs (C(OH)–C–C–N with tert-alkyl or cyclic N) is 1. The third-order valence-corrected chi connectivity index (χ3v) is 4.32. The zero-order valence-electron chi connectivity index (χ0n) is 13.4. The largest absolute Gasteiger partial charge is 0.387 e. The first-order valence-corrected chi connectivity index (χ1v) is 7.96. The maximum Gasteiger partial charge on any atom is 0.123 e. The topological polar surface area (TPSA) is 44.5 Å². The fourth-order valence-electron chi connectivity index (χ4n) is 2.98. The van der Waals surface area contributed by atoms with Crippen LogP contribution in [0.1, 0.15) is 17.2 Å². The molecule has 1 aliphatic heterocycles. The van der Waals surface area contributed by atoms with E-state index in [2.05, 4.69) is 14.9 Å². The van der Waals surface area contributed by atoms with E-state index in [4.69, 9.17) is 0 Å². The van der Waals surface area contributed by atoms with Gasteiger partial charge in [0.1, 0.15) is 5.82 Å². The van der Waals surface area contributed by atoms with E-state index in [-0.39, 0.29) is 5.82 Å². The van der Waals surface area contributed by atoms with Crippen molar-refractivity contribution in [2.75, 3.05) is 32.7 Å². The van der Waals surface area contributed by atoms with Crippen molar-refractivity contribution in [3.8, 4) is 0 Å². The molecule has 0 aliphatic carbocycles. The number of aryl methyl sites for hydroxylation is 1. The van der Waals surface area contributed by atoms with Crippen molar-refractivity contribution in [2.45, 2.75) is 12.6 Å². The molecule has 1 aromatic heterocycles. The van der Waals surface area contributed by atoms with Crippen molar-refractivity contribution >= 4 is 0 Å². The number of hydrogen-bond donors (Lipinski definition) is 1. The SMILES string of the molecule is Cn1cc(CN2CCN(C[C@H](O)c3ccc(F)cc3)CC2)cn1. The van der Waals surface area contributed by atoms with E-state index in [0.717, 1.165) is 38.3 Å². The number of hydrogen-bond acceptors (Lipinski definition) is 4. The van der Waals surface area contributed by atoms with Crippen molar-refractivity contribution in [1.29, 1.82) is 0 Å². The van der Waals surface area contributed by atoms with Gasteiger partial charge in [-0.3, -0.25) is 14.5 Å². The van der Waals surface area contributed by atoms with E-state index in [1.807, 2.05) is 24.1 Å². The number of aliphatic hydroxyl groups is 1. The lowest BCUT2D eigenvalue weighted by Gasteiger charge is -2.35. The summed E-state index contributed by atoms with van der Waals surface area (Å²) in [6, 6.07) is 6.09. The van der Waals surface area contributed by atoms with Crippen LogP contribution in [0.25, 0.3) is 0 Å². The molecule has 124 valence electrons. The quantitative estimate of drug-likeness (QED) is 0.905. The highest BCUT2D eigenvalue weighted by Crippen LogP contribution is 2.16. The van der Waals surface area contributed by atoms with Crippen LogP contribution < -0.4 is 0 Å². The number of piperazine rings is 1. The Morgan fingerprint density at radius 2 is 1.78 bits per heavy atom. The second-order valence-corrected chi connectivity index (χ2v) is 6.17. The predicted molar refractivity (Wildman–Crippen MR) is 86.3 cm³/mol. The van der Waals surface area contributed by atoms with Crippen molar-refractivity contribution in [1.82, 2.24) is 19.6 Å². The molecule has 1 N–H and O–H groups in total. The smallest absolute Gasteiger partial charge is 0.123 e. The van der Waals surface area contributed by atoms with Gasteiger partial charge in [-0.15, -0.1) is 0 Å². The molecule has 0 spiro atoms. The molecule has 0 unspecified atom stereocenters. The number of benzene rings is 1. The normalized spacial score (nSPS) is 18.2. The van der Waals surface area contributed by atoms with E-state index in [1.54, 1.807) is 12.1 Å². The molecule has 0 bridgehead atoms. The Labute approximate surface area is 135 Å². The molecule has 0 saturated carbocycles. The summed E-state index contributed by atoms with van der Waals surface area (Å²) in [6.07, 6.45) is 3.38. The minimum Gasteiger partial charge on any atom is -0.387 e. The van der Waals surface area contributed by atoms with Crippen molar-refractivity contribution < 1.29 is 9.50 Å². The lowest BCUT2D eigenvalue weighted by molar-refractivity contribution is 0.0701. The number of halogens is 1. The van der Waals surface area contributed by atoms with Crippen molar-refractivity contribution in [3.05, 3.63) is 53.6 Å². The summed E-state index contributed by atoms with van der Waals surface area (Å²) in [4.78, 5) is 4.66. The summed E-state index contributed by atoms with van der Waals surface area (Å²) in [5.74, 6) is -0.273. The van der Waals surface area contributed by atoms with Gasteiger partial charge >= 0.3 is 0 Å². The predicted octanol–water partition coefficient (Wildman–Crippen LogP) is 1.41. The van der Waals surface area contributed by atoms with E-state index in [9.17, 15) is 9.50 Å². The molecule has 5 nitrogen and oxygen atoms in total. The molecule has 2 heterocycles. The summed E-state index contributed by atoms with van der Waals surface area (Å²) in [5.41, 5.74) is 2.00. The zero-order chi connectivity index (χ0) is 16.2. The van der Waals surface area contributed by atoms with Crippen LogP contribution in [0, 0.1) is 5.82 Å². The third-order valence-electron chi connectivity index (χ3n) is 4.32. The zero-order valence-corrected chi connectivity index (χ0v) is 13.4. The Bertz CT molecular complexity index is 620. The van der Waals surface area contributed by atoms with E-state index in [0.29, 0.717) is 6.54 Å². The first-order chi connectivity index (χ1) is 11.1. The van der Waals surface area contributed by atoms with Gasteiger partial charge in [-0.05, 0) is 17.7 Å². The molecule has 0 radical (unpaired) electrons. The molecule has 1 saturated heterocycles. The monoisotopic (exact) mass is 318 g/mol. The molecule has 1 atom stereocenters. The van der Waals surface area contributed by atoms with E-state index < -0.39 is 6.10 Å². The summed E-state index contributed by atoms with van der Waals surface area (Å²) in [7, 11) is 1.93. The van der Waals surface area contributed by atoms with Crippen LogP contribution in [0.2, 0.25) is 0 Å². The molecule has 3 rings (SSSR count). The average Bonchev–Trinajstić information content (AvgIpc) is 2.95. The van der Waals surface area contributed by atoms with Crippen LogP contribution in [-0.2, 0) is 13.6 Å². The van der Waals surface area contributed by atoms with Gasteiger partial charge < -0.3 is 5.11 Å². The van der Waals surface area contributed by atoms with Gasteiger partial charge in [-0.1, -0.05) is 12.1 Å². The second kappa shape index (κ2) is 7.21. The summed E-state index contributed by atoms with van der Waals surface area (Å²) in [5, 5.41) is 14.5. The highest BCUT2D eigenvalue weighted by atomic mass is 19.1. The van der Waals surface area contributed by atoms with Crippen LogP contribution in [0.4, 0.5) is 4.39 Å². The average molecular weight is 318 g/mol. The fraction of sp³-hybridized carbons (Fsp3) is 0.471. The minimum absolute atomic E-state index is 0.273. The van der Waals surface area contributed by atoms with Crippen molar-refractivity contribution in [2.24, 2.45) is 7.05 Å². The molecular weight excluding hydrogens is 295 g/mol. The fourth-order valence-corrected chi connectivity index (χ4v) is 2.98. The van der Waals surface area contributed by atoms with E-state index in [1.165, 1.54) is 17.7 Å². The maximum atomic E-state index is 12.9. The van der Waals surface area contributed by atoms with Gasteiger partial charge in [0, 0.05) is 58.1 Å². The van der Waals surface area contributed by atoms with Gasteiger partial charge in [0.15, 0.2) is 0 Å². The number of nitrogens with zero attached hydrogens (tertiary/aromatic N) is 4. The first-order valence-electron chi connectivity index (χ1n) is 7.96. The van der Waals surface area contributed by atoms with E-state index >= 15 is 0 Å². The number of aliphatic hydroxyl groups excluding tert-OH is 1. The van der Waals surface area contributed by atoms with Gasteiger partial charge in [0.2, 0.25) is 0 Å². The molecular formula is C17H23FN4O. The van der Waals surface area contributed by atoms with Crippen LogP contribution in [0.3, 0.4) is 0 Å². The van der Waals surface area contributed by atoms with Gasteiger partial charge in [-0.2, -0.15) is 5.10 Å². The lowest BCUT2D eigenvalue weighted by atomic mass is 10.1. The number of rotatable bonds is 5. The Morgan fingerprint density at radius 1 is 1.13 bits per heavy atom. The summed E-state index contributed by atoms with van der Waals surface area (Å²) in [6.45, 7) is 5.32. The molecule has 23 heavy (non-hydrogen) atoms. The molecule has 1 aliphatic rings. The Morgan fingerprint density at radius 3 is 2.39 bits per heavy atom. The highest BCUT2D eigenvalue weighted by molar-refractivity contribution is 5.18. The van der Waals surface area contributed by atoms with Crippen LogP contribution >= 0.6 is 0 Å². The van der Waals surface area contributed by atoms with Gasteiger partial charge in [0.05, 0.1) is 12.3 Å². The Kier molecular flexibility index (Phi) is 5.05. The Balaban J connectivity index is 1.46. The molecule has 1 aromatic carbocycles. The van der Waals surface area contributed by atoms with Gasteiger partial charge in [-0.25, -0.2) is 4.39 Å². The maximum absolute atomic E-state index is 12.9. The lowest BCUT2D eigenvalue weighted by Crippen LogP contribution is -2.47. The van der Waals surface area contributed by atoms with Crippen LogP contribution in [0.5, 0.6) is 0 Å². The highest BCUT2D eigenvalue weighted by Gasteiger charge is 2.20. The second-order valence-electron chi connectivity index (χ2n) is 6.17. The summed E-state index contributed by atoms with van der Waals surface area (Å²) < 4.78 is 14.8. The standard InChI is InChI=1S/C17H23FN4O/c1-20-11-14(10-19-20)12-21-6-8-22(9-7-21)13-17(23)15-2-4-16(18)5-3-15/h2-5,10-11,17,23H,6-9,12-13H2,1H3/t17-/m0/s1. The molecule has 0 amide bonds. The Hall–Kier alpha value is -1.76.